The van der Waals surface area contributed by atoms with Gasteiger partial charge in [0.1, 0.15) is 4.47 Å². The molecule has 2 N–H and O–H groups in total. The predicted molar refractivity (Wildman–Crippen MR) is 79.6 cm³/mol. The van der Waals surface area contributed by atoms with Crippen LogP contribution >= 0.6 is 15.9 Å². The molecule has 0 aliphatic carbocycles. The van der Waals surface area contributed by atoms with Crippen molar-refractivity contribution in [3.63, 3.8) is 0 Å². The van der Waals surface area contributed by atoms with Gasteiger partial charge in [-0.1, -0.05) is 0 Å². The van der Waals surface area contributed by atoms with Crippen molar-refractivity contribution in [2.75, 3.05) is 31.1 Å². The van der Waals surface area contributed by atoms with Crippen LogP contribution in [0, 0.1) is 0 Å². The van der Waals surface area contributed by atoms with Crippen molar-refractivity contribution in [1.82, 2.24) is 14.7 Å². The minimum Gasteiger partial charge on any atom is -0.368 e. The number of piperazine rings is 1. The van der Waals surface area contributed by atoms with Crippen LogP contribution in [0.2, 0.25) is 0 Å². The molecular weight excluding hydrogens is 326 g/mol. The second-order valence-corrected chi connectivity index (χ2v) is 5.67. The molecule has 1 atom stereocenters. The van der Waals surface area contributed by atoms with E-state index in [4.69, 9.17) is 5.73 Å². The van der Waals surface area contributed by atoms with Crippen LogP contribution in [0.5, 0.6) is 0 Å². The van der Waals surface area contributed by atoms with Crippen LogP contribution in [-0.4, -0.2) is 52.8 Å². The molecule has 1 unspecified atom stereocenters. The van der Waals surface area contributed by atoms with Gasteiger partial charge in [0.2, 0.25) is 5.91 Å². The van der Waals surface area contributed by atoms with Crippen LogP contribution < -0.4 is 16.2 Å². The SMILES string of the molecule is CC(C(N)=O)N1CCN(c2cnn(C)c(=O)c2Br)CC1. The third-order valence-corrected chi connectivity index (χ3v) is 4.42. The zero-order chi connectivity index (χ0) is 14.9. The van der Waals surface area contributed by atoms with E-state index in [0.29, 0.717) is 4.47 Å². The van der Waals surface area contributed by atoms with E-state index in [0.717, 1.165) is 31.9 Å². The minimum absolute atomic E-state index is 0.157. The molecule has 0 saturated carbocycles. The highest BCUT2D eigenvalue weighted by Gasteiger charge is 2.25. The maximum atomic E-state index is 11.8. The van der Waals surface area contributed by atoms with Crippen LogP contribution in [0.4, 0.5) is 5.69 Å². The van der Waals surface area contributed by atoms with Crippen LogP contribution in [0.25, 0.3) is 0 Å². The van der Waals surface area contributed by atoms with E-state index in [1.807, 2.05) is 11.8 Å². The van der Waals surface area contributed by atoms with Crippen LogP contribution in [0.1, 0.15) is 6.92 Å². The van der Waals surface area contributed by atoms with Gasteiger partial charge in [-0.05, 0) is 22.9 Å². The predicted octanol–water partition coefficient (Wildman–Crippen LogP) is -0.461. The Balaban J connectivity index is 2.10. The van der Waals surface area contributed by atoms with E-state index < -0.39 is 0 Å². The van der Waals surface area contributed by atoms with E-state index in [2.05, 4.69) is 25.9 Å². The number of nitrogens with zero attached hydrogens (tertiary/aromatic N) is 4. The normalized spacial score (nSPS) is 18.1. The number of aromatic nitrogens is 2. The lowest BCUT2D eigenvalue weighted by atomic mass is 10.2. The monoisotopic (exact) mass is 343 g/mol. The Morgan fingerprint density at radius 1 is 1.40 bits per heavy atom. The van der Waals surface area contributed by atoms with E-state index in [-0.39, 0.29) is 17.5 Å². The first-order valence-electron chi connectivity index (χ1n) is 6.42. The van der Waals surface area contributed by atoms with E-state index in [9.17, 15) is 9.59 Å². The van der Waals surface area contributed by atoms with Gasteiger partial charge in [-0.2, -0.15) is 5.10 Å². The summed E-state index contributed by atoms with van der Waals surface area (Å²) in [6.45, 7) is 4.72. The Bertz CT molecular complexity index is 565. The number of nitrogens with two attached hydrogens (primary N) is 1. The van der Waals surface area contributed by atoms with Crippen molar-refractivity contribution in [2.24, 2.45) is 12.8 Å². The molecule has 0 bridgehead atoms. The summed E-state index contributed by atoms with van der Waals surface area (Å²) in [6.07, 6.45) is 1.68. The molecule has 0 aromatic carbocycles. The molecule has 1 amide bonds. The summed E-state index contributed by atoms with van der Waals surface area (Å²) in [5.74, 6) is -0.310. The first-order chi connectivity index (χ1) is 9.41. The van der Waals surface area contributed by atoms with E-state index >= 15 is 0 Å². The molecule has 2 rings (SSSR count). The van der Waals surface area contributed by atoms with Crippen molar-refractivity contribution in [3.05, 3.63) is 21.0 Å². The molecule has 8 heteroatoms. The molecule has 20 heavy (non-hydrogen) atoms. The van der Waals surface area contributed by atoms with Gasteiger partial charge < -0.3 is 10.6 Å². The van der Waals surface area contributed by atoms with Crippen molar-refractivity contribution in [2.45, 2.75) is 13.0 Å². The average Bonchev–Trinajstić information content (AvgIpc) is 2.44. The Morgan fingerprint density at radius 2 is 2.00 bits per heavy atom. The molecular formula is C12H18BrN5O2. The zero-order valence-corrected chi connectivity index (χ0v) is 13.1. The van der Waals surface area contributed by atoms with E-state index in [1.54, 1.807) is 13.2 Å². The number of primary amides is 1. The van der Waals surface area contributed by atoms with Crippen LogP contribution in [0.3, 0.4) is 0 Å². The molecule has 1 aromatic heterocycles. The van der Waals surface area contributed by atoms with Gasteiger partial charge in [-0.15, -0.1) is 0 Å². The molecule has 2 heterocycles. The van der Waals surface area contributed by atoms with Crippen molar-refractivity contribution < 1.29 is 4.79 Å². The van der Waals surface area contributed by atoms with Crippen LogP contribution in [-0.2, 0) is 11.8 Å². The van der Waals surface area contributed by atoms with Crippen LogP contribution in [0.15, 0.2) is 15.5 Å². The van der Waals surface area contributed by atoms with Crippen molar-refractivity contribution in [3.8, 4) is 0 Å². The molecule has 1 aliphatic heterocycles. The second-order valence-electron chi connectivity index (χ2n) is 4.87. The Kier molecular flexibility index (Phi) is 4.44. The number of hydrogen-bond donors (Lipinski definition) is 1. The number of carbonyl (C=O) groups is 1. The third kappa shape index (κ3) is 2.85. The summed E-state index contributed by atoms with van der Waals surface area (Å²) in [7, 11) is 1.61. The number of rotatable bonds is 3. The number of carbonyl (C=O) groups excluding carboxylic acids is 1. The van der Waals surface area contributed by atoms with Gasteiger partial charge in [0, 0.05) is 33.2 Å². The highest BCUT2D eigenvalue weighted by Crippen LogP contribution is 2.22. The standard InChI is InChI=1S/C12H18BrN5O2/c1-8(11(14)19)17-3-5-18(6-4-17)9-7-15-16(2)12(20)10(9)13/h7-8H,3-6H2,1-2H3,(H2,14,19). The maximum Gasteiger partial charge on any atom is 0.282 e. The van der Waals surface area contributed by atoms with E-state index in [1.165, 1.54) is 4.68 Å². The van der Waals surface area contributed by atoms with Gasteiger partial charge in [0.05, 0.1) is 17.9 Å². The molecule has 1 aliphatic rings. The molecule has 1 aromatic rings. The first kappa shape index (κ1) is 15.0. The molecule has 1 fully saturated rings. The fraction of sp³-hybridized carbons (Fsp3) is 0.583. The van der Waals surface area contributed by atoms with Crippen molar-refractivity contribution in [1.29, 1.82) is 0 Å². The highest BCUT2D eigenvalue weighted by atomic mass is 79.9. The van der Waals surface area contributed by atoms with Gasteiger partial charge in [0.15, 0.2) is 0 Å². The number of amides is 1. The quantitative estimate of drug-likeness (QED) is 0.802. The Labute approximate surface area is 125 Å². The Hall–Kier alpha value is -1.41. The summed E-state index contributed by atoms with van der Waals surface area (Å²) in [6, 6.07) is -0.262. The average molecular weight is 344 g/mol. The zero-order valence-electron chi connectivity index (χ0n) is 11.5. The summed E-state index contributed by atoms with van der Waals surface area (Å²) in [5, 5.41) is 4.04. The summed E-state index contributed by atoms with van der Waals surface area (Å²) in [5.41, 5.74) is 5.95. The van der Waals surface area contributed by atoms with Gasteiger partial charge >= 0.3 is 0 Å². The summed E-state index contributed by atoms with van der Waals surface area (Å²) < 4.78 is 1.81. The number of halogens is 1. The first-order valence-corrected chi connectivity index (χ1v) is 7.21. The largest absolute Gasteiger partial charge is 0.368 e. The maximum absolute atomic E-state index is 11.8. The fourth-order valence-electron chi connectivity index (χ4n) is 2.25. The fourth-order valence-corrected chi connectivity index (χ4v) is 2.86. The second kappa shape index (κ2) is 5.92. The smallest absolute Gasteiger partial charge is 0.282 e. The Morgan fingerprint density at radius 3 is 2.55 bits per heavy atom. The lowest BCUT2D eigenvalue weighted by Gasteiger charge is -2.38. The lowest BCUT2D eigenvalue weighted by Crippen LogP contribution is -2.53. The molecule has 7 nitrogen and oxygen atoms in total. The molecule has 0 spiro atoms. The third-order valence-electron chi connectivity index (χ3n) is 3.67. The number of anilines is 1. The van der Waals surface area contributed by atoms with Gasteiger partial charge in [-0.3, -0.25) is 14.5 Å². The molecule has 110 valence electrons. The van der Waals surface area contributed by atoms with Gasteiger partial charge in [0.25, 0.3) is 5.56 Å². The highest BCUT2D eigenvalue weighted by molar-refractivity contribution is 9.10. The minimum atomic E-state index is -0.310. The molecule has 1 saturated heterocycles. The topological polar surface area (TPSA) is 84.5 Å². The summed E-state index contributed by atoms with van der Waals surface area (Å²) in [4.78, 5) is 27.2. The number of aryl methyl sites for hydroxylation is 1. The number of hydrogen-bond acceptors (Lipinski definition) is 5. The lowest BCUT2D eigenvalue weighted by molar-refractivity contribution is -0.122. The summed E-state index contributed by atoms with van der Waals surface area (Å²) >= 11 is 3.33. The van der Waals surface area contributed by atoms with Gasteiger partial charge in [-0.25, -0.2) is 4.68 Å². The molecule has 0 radical (unpaired) electrons. The van der Waals surface area contributed by atoms with Crippen molar-refractivity contribution >= 4 is 27.5 Å².